The maximum Gasteiger partial charge on any atom is 0.338 e. The molecule has 0 aliphatic rings. The molecule has 6 aromatic rings. The molecule has 0 radical (unpaired) electrons. The van der Waals surface area contributed by atoms with Crippen LogP contribution in [0.5, 0.6) is 17.2 Å². The first-order valence-corrected chi connectivity index (χ1v) is 27.4. The van der Waals surface area contributed by atoms with Crippen molar-refractivity contribution in [1.82, 2.24) is 0 Å². The van der Waals surface area contributed by atoms with Gasteiger partial charge in [-0.25, -0.2) is 23.2 Å². The van der Waals surface area contributed by atoms with Gasteiger partial charge in [-0.05, 0) is 160 Å². The average Bonchev–Trinajstić information content (AvgIpc) is 3.38. The minimum atomic E-state index is -1.27. The number of halogens is 2. The van der Waals surface area contributed by atoms with E-state index in [2.05, 4.69) is 99.3 Å². The molecule has 12 nitrogen and oxygen atoms in total. The standard InChI is InChI=1S/C22H28FNO3.C22H29NO3.C21H26FNO3.CH4/c1-6-24(16-8-10-19(22(25)26)20(23)11-16)17-7-9-18(15(4)5)21(12-17)27-13-14(2)3;1-6-23(18-9-7-17(8-10-18)22(24)25)19-11-12-20(16(4)5)21(13-19)26-14-15(2)3;1-6-23(15-8-10-18(21(24)25)19(22)11-15)16-7-9-17(13(2)3)20(12-16)26-14(4)5;/h7-12,14-15H,6,13H2,1-5H3,(H,25,26);7-13,15-16H,6,14H2,1-5H3,(H,24,25);7-14H,6H2,1-5H3,(H,24,25);1H4. The van der Waals surface area contributed by atoms with Crippen LogP contribution in [0, 0.1) is 23.5 Å². The molecule has 0 unspecified atom stereocenters. The smallest absolute Gasteiger partial charge is 0.338 e. The Balaban J connectivity index is 0.000000313. The Morgan fingerprint density at radius 3 is 1.01 bits per heavy atom. The molecule has 6 rings (SSSR count). The lowest BCUT2D eigenvalue weighted by Gasteiger charge is -2.26. The molecule has 434 valence electrons. The molecule has 3 N–H and O–H groups in total. The Morgan fingerprint density at radius 1 is 0.425 bits per heavy atom. The second kappa shape index (κ2) is 31.3. The van der Waals surface area contributed by atoms with Gasteiger partial charge in [0, 0.05) is 72.0 Å². The molecule has 0 saturated heterocycles. The summed E-state index contributed by atoms with van der Waals surface area (Å²) in [7, 11) is 0. The number of carboxylic acid groups (broad SMARTS) is 3. The van der Waals surface area contributed by atoms with Gasteiger partial charge in [0.25, 0.3) is 0 Å². The number of ether oxygens (including phenoxy) is 3. The van der Waals surface area contributed by atoms with Gasteiger partial charge in [-0.15, -0.1) is 0 Å². The zero-order valence-electron chi connectivity index (χ0n) is 48.9. The predicted molar refractivity (Wildman–Crippen MR) is 323 cm³/mol. The molecule has 14 heteroatoms. The Kier molecular flexibility index (Phi) is 26.0. The number of benzene rings is 6. The summed E-state index contributed by atoms with van der Waals surface area (Å²) in [4.78, 5) is 39.1. The molecular formula is C66H87F2N3O9. The van der Waals surface area contributed by atoms with Crippen molar-refractivity contribution in [2.24, 2.45) is 11.8 Å². The van der Waals surface area contributed by atoms with Crippen LogP contribution in [0.2, 0.25) is 0 Å². The number of nitrogens with zero attached hydrogens (tertiary/aromatic N) is 3. The first-order valence-electron chi connectivity index (χ1n) is 27.4. The van der Waals surface area contributed by atoms with Gasteiger partial charge in [-0.1, -0.05) is 94.9 Å². The number of carboxylic acids is 3. The summed E-state index contributed by atoms with van der Waals surface area (Å²) in [5.41, 5.74) is 8.03. The lowest BCUT2D eigenvalue weighted by molar-refractivity contribution is 0.0680. The van der Waals surface area contributed by atoms with Crippen LogP contribution in [-0.4, -0.2) is 72.2 Å². The van der Waals surface area contributed by atoms with E-state index >= 15 is 0 Å². The molecule has 0 fully saturated rings. The molecular weight excluding hydrogens is 1020 g/mol. The highest BCUT2D eigenvalue weighted by Gasteiger charge is 2.20. The number of carbonyl (C=O) groups is 3. The molecule has 0 heterocycles. The number of aromatic carboxylic acids is 3. The second-order valence-electron chi connectivity index (χ2n) is 21.2. The number of hydrogen-bond donors (Lipinski definition) is 3. The highest BCUT2D eigenvalue weighted by Crippen LogP contribution is 2.38. The van der Waals surface area contributed by atoms with E-state index in [1.54, 1.807) is 24.3 Å². The molecule has 6 aromatic carbocycles. The normalized spacial score (nSPS) is 10.9. The van der Waals surface area contributed by atoms with Crippen molar-refractivity contribution < 1.29 is 52.7 Å². The Labute approximate surface area is 475 Å². The fourth-order valence-corrected chi connectivity index (χ4v) is 8.64. The van der Waals surface area contributed by atoms with Crippen molar-refractivity contribution in [3.05, 3.63) is 160 Å². The van der Waals surface area contributed by atoms with Gasteiger partial charge >= 0.3 is 17.9 Å². The molecule has 0 saturated carbocycles. The van der Waals surface area contributed by atoms with E-state index in [-0.39, 0.29) is 24.7 Å². The fraction of sp³-hybridized carbons (Fsp3) is 0.409. The van der Waals surface area contributed by atoms with Crippen molar-refractivity contribution in [3.63, 3.8) is 0 Å². The number of hydrogen-bond acceptors (Lipinski definition) is 9. The van der Waals surface area contributed by atoms with Crippen LogP contribution in [0.3, 0.4) is 0 Å². The van der Waals surface area contributed by atoms with E-state index in [1.807, 2.05) is 86.0 Å². The van der Waals surface area contributed by atoms with Gasteiger partial charge in [0.2, 0.25) is 0 Å². The molecule has 0 bridgehead atoms. The molecule has 0 spiro atoms. The first-order chi connectivity index (χ1) is 37.3. The highest BCUT2D eigenvalue weighted by molar-refractivity contribution is 5.90. The van der Waals surface area contributed by atoms with Crippen LogP contribution >= 0.6 is 0 Å². The van der Waals surface area contributed by atoms with Crippen LogP contribution in [-0.2, 0) is 0 Å². The topological polar surface area (TPSA) is 149 Å². The first kappa shape index (κ1) is 66.7. The summed E-state index contributed by atoms with van der Waals surface area (Å²) in [6, 6.07) is 33.6. The van der Waals surface area contributed by atoms with Crippen LogP contribution in [0.1, 0.15) is 177 Å². The van der Waals surface area contributed by atoms with Gasteiger partial charge < -0.3 is 44.2 Å². The molecule has 80 heavy (non-hydrogen) atoms. The molecule has 0 aliphatic heterocycles. The van der Waals surface area contributed by atoms with Gasteiger partial charge in [-0.2, -0.15) is 0 Å². The fourth-order valence-electron chi connectivity index (χ4n) is 8.64. The van der Waals surface area contributed by atoms with Crippen molar-refractivity contribution in [3.8, 4) is 17.2 Å². The summed E-state index contributed by atoms with van der Waals surface area (Å²) < 4.78 is 46.3. The lowest BCUT2D eigenvalue weighted by Crippen LogP contribution is -2.17. The summed E-state index contributed by atoms with van der Waals surface area (Å²) >= 11 is 0. The molecule has 0 aliphatic carbocycles. The monoisotopic (exact) mass is 1100 g/mol. The third-order valence-electron chi connectivity index (χ3n) is 12.7. The van der Waals surface area contributed by atoms with Crippen LogP contribution in [0.4, 0.5) is 42.9 Å². The number of rotatable bonds is 23. The summed E-state index contributed by atoms with van der Waals surface area (Å²) in [6.07, 6.45) is 0.0464. The Bertz CT molecular complexity index is 2960. The van der Waals surface area contributed by atoms with E-state index in [0.29, 0.717) is 72.8 Å². The van der Waals surface area contributed by atoms with Crippen molar-refractivity contribution in [1.29, 1.82) is 0 Å². The summed E-state index contributed by atoms with van der Waals surface area (Å²) in [5, 5.41) is 27.1. The maximum atomic E-state index is 14.1. The molecule has 0 atom stereocenters. The SMILES string of the molecule is C.CCN(c1ccc(C(=O)O)c(F)c1)c1ccc(C(C)C)c(OC(C)C)c1.CCN(c1ccc(C(=O)O)c(F)c1)c1ccc(C(C)C)c(OCC(C)C)c1.CCN(c1ccc(C(=O)O)cc1)c1ccc(C(C)C)c(OCC(C)C)c1. The minimum Gasteiger partial charge on any atom is -0.493 e. The van der Waals surface area contributed by atoms with Crippen LogP contribution < -0.4 is 28.9 Å². The third kappa shape index (κ3) is 18.5. The number of anilines is 6. The molecule has 0 amide bonds. The van der Waals surface area contributed by atoms with E-state index in [9.17, 15) is 23.2 Å². The molecule has 0 aromatic heterocycles. The van der Waals surface area contributed by atoms with E-state index in [1.165, 1.54) is 29.8 Å². The Morgan fingerprint density at radius 2 is 0.725 bits per heavy atom. The van der Waals surface area contributed by atoms with Crippen molar-refractivity contribution in [2.75, 3.05) is 47.5 Å². The van der Waals surface area contributed by atoms with Gasteiger partial charge in [-0.3, -0.25) is 0 Å². The van der Waals surface area contributed by atoms with Crippen molar-refractivity contribution >= 4 is 52.0 Å². The third-order valence-corrected chi connectivity index (χ3v) is 12.7. The van der Waals surface area contributed by atoms with E-state index in [4.69, 9.17) is 29.5 Å². The largest absolute Gasteiger partial charge is 0.493 e. The zero-order valence-corrected chi connectivity index (χ0v) is 48.9. The second-order valence-corrected chi connectivity index (χ2v) is 21.2. The maximum absolute atomic E-state index is 14.1. The average molecular weight is 1100 g/mol. The van der Waals surface area contributed by atoms with Crippen molar-refractivity contribution in [2.45, 2.75) is 135 Å². The zero-order chi connectivity index (χ0) is 58.8. The van der Waals surface area contributed by atoms with E-state index < -0.39 is 29.5 Å². The van der Waals surface area contributed by atoms with E-state index in [0.717, 1.165) is 57.7 Å². The minimum absolute atomic E-state index is 0. The predicted octanol–water partition coefficient (Wildman–Crippen LogP) is 17.8. The summed E-state index contributed by atoms with van der Waals surface area (Å²) in [5.74, 6) is -0.473. The highest BCUT2D eigenvalue weighted by atomic mass is 19.1. The van der Waals surface area contributed by atoms with Gasteiger partial charge in [0.05, 0.1) is 36.0 Å². The quantitative estimate of drug-likeness (QED) is 0.0561. The lowest BCUT2D eigenvalue weighted by atomic mass is 10.0. The Hall–Kier alpha value is -7.61. The van der Waals surface area contributed by atoms with Gasteiger partial charge in [0.1, 0.15) is 28.9 Å². The summed E-state index contributed by atoms with van der Waals surface area (Å²) in [6.45, 7) is 34.5. The van der Waals surface area contributed by atoms with Gasteiger partial charge in [0.15, 0.2) is 0 Å². The van der Waals surface area contributed by atoms with Crippen LogP contribution in [0.15, 0.2) is 115 Å². The van der Waals surface area contributed by atoms with Crippen LogP contribution in [0.25, 0.3) is 0 Å².